The molecule has 0 heterocycles. The van der Waals surface area contributed by atoms with Gasteiger partial charge in [-0.25, -0.2) is 5.06 Å². The second-order valence-corrected chi connectivity index (χ2v) is 4.94. The Hall–Kier alpha value is -0.650. The summed E-state index contributed by atoms with van der Waals surface area (Å²) in [5.41, 5.74) is 0. The van der Waals surface area contributed by atoms with Gasteiger partial charge in [-0.3, -0.25) is 10.0 Å². The van der Waals surface area contributed by atoms with Crippen LogP contribution in [0.25, 0.3) is 0 Å². The van der Waals surface area contributed by atoms with E-state index in [0.29, 0.717) is 19.0 Å². The highest BCUT2D eigenvalue weighted by Gasteiger charge is 2.17. The van der Waals surface area contributed by atoms with Crippen molar-refractivity contribution >= 4 is 5.91 Å². The van der Waals surface area contributed by atoms with Crippen LogP contribution in [0, 0.1) is 5.92 Å². The van der Waals surface area contributed by atoms with Crippen molar-refractivity contribution in [2.75, 3.05) is 19.6 Å². The van der Waals surface area contributed by atoms with Crippen molar-refractivity contribution in [3.05, 3.63) is 0 Å². The summed E-state index contributed by atoms with van der Waals surface area (Å²) in [7, 11) is 0. The number of hydrogen-bond acceptors (Lipinski definition) is 4. The second-order valence-electron chi connectivity index (χ2n) is 4.94. The van der Waals surface area contributed by atoms with Crippen LogP contribution in [0.5, 0.6) is 0 Å². The molecule has 1 aliphatic rings. The van der Waals surface area contributed by atoms with Crippen molar-refractivity contribution in [1.82, 2.24) is 10.4 Å². The third-order valence-corrected chi connectivity index (χ3v) is 3.23. The van der Waals surface area contributed by atoms with Crippen molar-refractivity contribution in [2.45, 2.75) is 59.0 Å². The molecular formula is C14H30N2O3. The first-order valence-electron chi connectivity index (χ1n) is 7.47. The predicted molar refractivity (Wildman–Crippen MR) is 76.0 cm³/mol. The van der Waals surface area contributed by atoms with Gasteiger partial charge in [-0.15, -0.1) is 0 Å². The molecule has 1 saturated carbocycles. The largest absolute Gasteiger partial charge is 0.392 e. The highest BCUT2D eigenvalue weighted by molar-refractivity contribution is 5.76. The highest BCUT2D eigenvalue weighted by atomic mass is 16.5. The fraction of sp³-hybridized carbons (Fsp3) is 0.929. The number of nitrogens with one attached hydrogen (secondary N) is 1. The van der Waals surface area contributed by atoms with Crippen LogP contribution in [0.4, 0.5) is 0 Å². The van der Waals surface area contributed by atoms with Gasteiger partial charge in [0.2, 0.25) is 0 Å². The topological polar surface area (TPSA) is 72.8 Å². The maximum atomic E-state index is 11.5. The number of rotatable bonds is 7. The Labute approximate surface area is 116 Å². The fourth-order valence-electron chi connectivity index (χ4n) is 2.21. The number of aliphatic hydroxyl groups is 1. The number of nitrogens with zero attached hydrogens (tertiary/aromatic N) is 1. The van der Waals surface area contributed by atoms with E-state index in [2.05, 4.69) is 5.32 Å². The number of hydrogen-bond donors (Lipinski definition) is 3. The Bertz CT molecular complexity index is 229. The van der Waals surface area contributed by atoms with Gasteiger partial charge in [0.1, 0.15) is 0 Å². The molecule has 0 radical (unpaired) electrons. The van der Waals surface area contributed by atoms with E-state index < -0.39 is 6.10 Å². The lowest BCUT2D eigenvalue weighted by Gasteiger charge is -2.17. The minimum Gasteiger partial charge on any atom is -0.392 e. The molecule has 5 heteroatoms. The van der Waals surface area contributed by atoms with Crippen molar-refractivity contribution < 1.29 is 15.1 Å². The molecule has 1 rings (SSSR count). The first-order chi connectivity index (χ1) is 9.09. The molecule has 1 amide bonds. The molecule has 0 aromatic carbocycles. The average Bonchev–Trinajstić information content (AvgIpc) is 2.91. The lowest BCUT2D eigenvalue weighted by molar-refractivity contribution is -0.164. The lowest BCUT2D eigenvalue weighted by Crippen LogP contribution is -2.39. The smallest absolute Gasteiger partial charge is 0.259 e. The molecule has 1 aliphatic carbocycles. The lowest BCUT2D eigenvalue weighted by atomic mass is 10.0. The summed E-state index contributed by atoms with van der Waals surface area (Å²) in [5.74, 6) is 0.339. The summed E-state index contributed by atoms with van der Waals surface area (Å²) in [4.78, 5) is 11.5. The van der Waals surface area contributed by atoms with Crippen LogP contribution in [0.2, 0.25) is 0 Å². The summed E-state index contributed by atoms with van der Waals surface area (Å²) in [6.07, 6.45) is 5.41. The summed E-state index contributed by atoms with van der Waals surface area (Å²) < 4.78 is 0. The van der Waals surface area contributed by atoms with Crippen LogP contribution < -0.4 is 5.32 Å². The van der Waals surface area contributed by atoms with Gasteiger partial charge in [0.05, 0.1) is 12.6 Å². The molecule has 5 nitrogen and oxygen atoms in total. The van der Waals surface area contributed by atoms with Gasteiger partial charge < -0.3 is 10.4 Å². The molecule has 19 heavy (non-hydrogen) atoms. The van der Waals surface area contributed by atoms with Crippen molar-refractivity contribution in [3.63, 3.8) is 0 Å². The van der Waals surface area contributed by atoms with Crippen molar-refractivity contribution in [1.29, 1.82) is 0 Å². The van der Waals surface area contributed by atoms with Crippen LogP contribution in [0.1, 0.15) is 52.9 Å². The van der Waals surface area contributed by atoms with Gasteiger partial charge >= 0.3 is 0 Å². The fourth-order valence-corrected chi connectivity index (χ4v) is 2.21. The van der Waals surface area contributed by atoms with Gasteiger partial charge in [-0.05, 0) is 19.3 Å². The van der Waals surface area contributed by atoms with E-state index in [1.54, 1.807) is 6.92 Å². The molecule has 1 atom stereocenters. The molecule has 0 saturated heterocycles. The number of carbonyl (C=O) groups is 1. The Kier molecular flexibility index (Phi) is 10.8. The van der Waals surface area contributed by atoms with Gasteiger partial charge in [0, 0.05) is 13.1 Å². The SMILES string of the molecule is CC.CC(O)CNCC(=O)N(O)CCC1CCCC1. The van der Waals surface area contributed by atoms with E-state index in [4.69, 9.17) is 5.11 Å². The standard InChI is InChI=1S/C12H24N2O3.C2H6/c1-10(15)8-13-9-12(16)14(17)7-6-11-4-2-3-5-11;1-2/h10-11,13,15,17H,2-9H2,1H3;1-2H3. The van der Waals surface area contributed by atoms with E-state index >= 15 is 0 Å². The van der Waals surface area contributed by atoms with E-state index in [0.717, 1.165) is 11.5 Å². The zero-order chi connectivity index (χ0) is 14.7. The van der Waals surface area contributed by atoms with Gasteiger partial charge in [0.15, 0.2) is 0 Å². The van der Waals surface area contributed by atoms with Crippen LogP contribution >= 0.6 is 0 Å². The third-order valence-electron chi connectivity index (χ3n) is 3.23. The van der Waals surface area contributed by atoms with Crippen LogP contribution in [-0.2, 0) is 4.79 Å². The quantitative estimate of drug-likeness (QED) is 0.489. The molecule has 0 aromatic rings. The summed E-state index contributed by atoms with van der Waals surface area (Å²) in [6, 6.07) is 0. The average molecular weight is 274 g/mol. The minimum atomic E-state index is -0.478. The molecule has 0 aliphatic heterocycles. The van der Waals surface area contributed by atoms with Gasteiger partial charge in [0.25, 0.3) is 5.91 Å². The van der Waals surface area contributed by atoms with Crippen molar-refractivity contribution in [2.24, 2.45) is 5.92 Å². The van der Waals surface area contributed by atoms with Crippen molar-refractivity contribution in [3.8, 4) is 0 Å². The van der Waals surface area contributed by atoms with E-state index in [9.17, 15) is 10.0 Å². The van der Waals surface area contributed by atoms with E-state index in [1.165, 1.54) is 25.7 Å². The predicted octanol–water partition coefficient (Wildman–Crippen LogP) is 1.78. The monoisotopic (exact) mass is 274 g/mol. The Morgan fingerprint density at radius 1 is 1.37 bits per heavy atom. The van der Waals surface area contributed by atoms with Gasteiger partial charge in [-0.1, -0.05) is 39.5 Å². The van der Waals surface area contributed by atoms with Crippen LogP contribution in [0.3, 0.4) is 0 Å². The first kappa shape index (κ1) is 18.4. The molecule has 0 bridgehead atoms. The molecule has 0 spiro atoms. The minimum absolute atomic E-state index is 0.0755. The molecule has 0 aromatic heterocycles. The normalized spacial score (nSPS) is 16.7. The van der Waals surface area contributed by atoms with E-state index in [-0.39, 0.29) is 12.5 Å². The number of aliphatic hydroxyl groups excluding tert-OH is 1. The summed E-state index contributed by atoms with van der Waals surface area (Å²) in [6.45, 7) is 6.50. The third kappa shape index (κ3) is 8.97. The molecule has 1 fully saturated rings. The zero-order valence-electron chi connectivity index (χ0n) is 12.6. The number of carbonyl (C=O) groups excluding carboxylic acids is 1. The Balaban J connectivity index is 0.00000154. The molecule has 1 unspecified atom stereocenters. The van der Waals surface area contributed by atoms with Crippen LogP contribution in [0.15, 0.2) is 0 Å². The molecule has 114 valence electrons. The molecule has 3 N–H and O–H groups in total. The Morgan fingerprint density at radius 3 is 2.47 bits per heavy atom. The molecular weight excluding hydrogens is 244 g/mol. The maximum Gasteiger partial charge on any atom is 0.259 e. The number of amides is 1. The highest BCUT2D eigenvalue weighted by Crippen LogP contribution is 2.27. The summed E-state index contributed by atoms with van der Waals surface area (Å²) in [5, 5.41) is 22.1. The van der Waals surface area contributed by atoms with Crippen LogP contribution in [-0.4, -0.2) is 47.0 Å². The summed E-state index contributed by atoms with van der Waals surface area (Å²) >= 11 is 0. The Morgan fingerprint density at radius 2 is 1.95 bits per heavy atom. The first-order valence-corrected chi connectivity index (χ1v) is 7.47. The second kappa shape index (κ2) is 11.2. The number of hydroxylamine groups is 2. The maximum absolute atomic E-state index is 11.5. The van der Waals surface area contributed by atoms with Gasteiger partial charge in [-0.2, -0.15) is 0 Å². The zero-order valence-corrected chi connectivity index (χ0v) is 12.6. The van der Waals surface area contributed by atoms with E-state index in [1.807, 2.05) is 13.8 Å².